The molecule has 2 aromatic rings. The van der Waals surface area contributed by atoms with E-state index in [9.17, 15) is 14.9 Å². The topological polar surface area (TPSA) is 72.2 Å². The summed E-state index contributed by atoms with van der Waals surface area (Å²) in [5, 5.41) is 13.5. The predicted octanol–water partition coefficient (Wildman–Crippen LogP) is 4.16. The van der Waals surface area contributed by atoms with Crippen molar-refractivity contribution in [1.82, 2.24) is 0 Å². The lowest BCUT2D eigenvalue weighted by Crippen LogP contribution is -2.23. The SMILES string of the molecule is Cc1c(NC(=O)[C@H](C)SCc2ccccc2)cccc1[N+](=O)[O-]. The van der Waals surface area contributed by atoms with Crippen LogP contribution < -0.4 is 5.32 Å². The first kappa shape index (κ1) is 17.0. The Balaban J connectivity index is 1.98. The van der Waals surface area contributed by atoms with Crippen molar-refractivity contribution >= 4 is 29.0 Å². The van der Waals surface area contributed by atoms with E-state index in [1.807, 2.05) is 37.3 Å². The van der Waals surface area contributed by atoms with Crippen LogP contribution in [0.15, 0.2) is 48.5 Å². The largest absolute Gasteiger partial charge is 0.325 e. The van der Waals surface area contributed by atoms with Gasteiger partial charge in [-0.25, -0.2) is 0 Å². The molecule has 0 fully saturated rings. The highest BCUT2D eigenvalue weighted by molar-refractivity contribution is 7.99. The van der Waals surface area contributed by atoms with Crippen LogP contribution >= 0.6 is 11.8 Å². The van der Waals surface area contributed by atoms with Gasteiger partial charge < -0.3 is 5.32 Å². The standard InChI is InChI=1S/C17H18N2O3S/c1-12-15(9-6-10-16(12)19(21)22)18-17(20)13(2)23-11-14-7-4-3-5-8-14/h3-10,13H,11H2,1-2H3,(H,18,20)/t13-/m0/s1. The highest BCUT2D eigenvalue weighted by atomic mass is 32.2. The zero-order chi connectivity index (χ0) is 16.8. The molecule has 2 rings (SSSR count). The van der Waals surface area contributed by atoms with Crippen molar-refractivity contribution in [1.29, 1.82) is 0 Å². The molecule has 23 heavy (non-hydrogen) atoms. The van der Waals surface area contributed by atoms with E-state index in [0.29, 0.717) is 11.3 Å². The summed E-state index contributed by atoms with van der Waals surface area (Å²) in [6, 6.07) is 14.6. The Morgan fingerprint density at radius 3 is 2.57 bits per heavy atom. The molecule has 0 spiro atoms. The molecule has 2 aromatic carbocycles. The number of rotatable bonds is 6. The minimum Gasteiger partial charge on any atom is -0.325 e. The molecule has 0 aliphatic rings. The van der Waals surface area contributed by atoms with Crippen molar-refractivity contribution in [3.63, 3.8) is 0 Å². The fourth-order valence-corrected chi connectivity index (χ4v) is 2.91. The monoisotopic (exact) mass is 330 g/mol. The van der Waals surface area contributed by atoms with Crippen molar-refractivity contribution in [3.05, 3.63) is 69.8 Å². The normalized spacial score (nSPS) is 11.7. The summed E-state index contributed by atoms with van der Waals surface area (Å²) in [4.78, 5) is 22.8. The van der Waals surface area contributed by atoms with Crippen LogP contribution in [0, 0.1) is 17.0 Å². The Morgan fingerprint density at radius 2 is 1.91 bits per heavy atom. The Morgan fingerprint density at radius 1 is 1.22 bits per heavy atom. The molecular formula is C17H18N2O3S. The molecule has 0 heterocycles. The first-order valence-corrected chi connectivity index (χ1v) is 8.24. The van der Waals surface area contributed by atoms with Gasteiger partial charge in [0.1, 0.15) is 0 Å². The summed E-state index contributed by atoms with van der Waals surface area (Å²) in [5.41, 5.74) is 2.11. The van der Waals surface area contributed by atoms with E-state index >= 15 is 0 Å². The molecule has 1 N–H and O–H groups in total. The summed E-state index contributed by atoms with van der Waals surface area (Å²) in [7, 11) is 0. The second-order valence-electron chi connectivity index (χ2n) is 5.13. The third-order valence-electron chi connectivity index (χ3n) is 3.47. The Kier molecular flexibility index (Phi) is 5.76. The molecule has 0 aliphatic carbocycles. The van der Waals surface area contributed by atoms with Gasteiger partial charge in [-0.3, -0.25) is 14.9 Å². The lowest BCUT2D eigenvalue weighted by Gasteiger charge is -2.13. The molecule has 0 aliphatic heterocycles. The number of amides is 1. The third-order valence-corrected chi connectivity index (χ3v) is 4.69. The average Bonchev–Trinajstić information content (AvgIpc) is 2.55. The number of carbonyl (C=O) groups is 1. The molecule has 0 unspecified atom stereocenters. The number of hydrogen-bond acceptors (Lipinski definition) is 4. The van der Waals surface area contributed by atoms with E-state index in [2.05, 4.69) is 5.32 Å². The van der Waals surface area contributed by atoms with Gasteiger partial charge in [-0.15, -0.1) is 11.8 Å². The van der Waals surface area contributed by atoms with E-state index in [4.69, 9.17) is 0 Å². The lowest BCUT2D eigenvalue weighted by atomic mass is 10.1. The number of nitrogens with zero attached hydrogens (tertiary/aromatic N) is 1. The Bertz CT molecular complexity index is 704. The molecular weight excluding hydrogens is 312 g/mol. The zero-order valence-electron chi connectivity index (χ0n) is 13.0. The predicted molar refractivity (Wildman–Crippen MR) is 93.7 cm³/mol. The van der Waals surface area contributed by atoms with Crippen molar-refractivity contribution in [3.8, 4) is 0 Å². The molecule has 0 saturated heterocycles. The number of hydrogen-bond donors (Lipinski definition) is 1. The van der Waals surface area contributed by atoms with E-state index in [-0.39, 0.29) is 16.8 Å². The van der Waals surface area contributed by atoms with Crippen LogP contribution in [0.25, 0.3) is 0 Å². The highest BCUT2D eigenvalue weighted by Crippen LogP contribution is 2.26. The molecule has 120 valence electrons. The van der Waals surface area contributed by atoms with Crippen LogP contribution in [-0.2, 0) is 10.5 Å². The van der Waals surface area contributed by atoms with Crippen molar-refractivity contribution < 1.29 is 9.72 Å². The summed E-state index contributed by atoms with van der Waals surface area (Å²) < 4.78 is 0. The minimum absolute atomic E-state index is 0.00684. The number of carbonyl (C=O) groups excluding carboxylic acids is 1. The van der Waals surface area contributed by atoms with Gasteiger partial charge in [0, 0.05) is 11.8 Å². The van der Waals surface area contributed by atoms with Gasteiger partial charge >= 0.3 is 0 Å². The average molecular weight is 330 g/mol. The van der Waals surface area contributed by atoms with Gasteiger partial charge in [-0.1, -0.05) is 36.4 Å². The van der Waals surface area contributed by atoms with Crippen LogP contribution in [0.2, 0.25) is 0 Å². The number of thioether (sulfide) groups is 1. The molecule has 1 amide bonds. The molecule has 0 radical (unpaired) electrons. The summed E-state index contributed by atoms with van der Waals surface area (Å²) in [6.45, 7) is 3.46. The summed E-state index contributed by atoms with van der Waals surface area (Å²) >= 11 is 1.53. The maximum atomic E-state index is 12.3. The second kappa shape index (κ2) is 7.78. The lowest BCUT2D eigenvalue weighted by molar-refractivity contribution is -0.385. The second-order valence-corrected chi connectivity index (χ2v) is 6.46. The molecule has 1 atom stereocenters. The fraction of sp³-hybridized carbons (Fsp3) is 0.235. The van der Waals surface area contributed by atoms with Gasteiger partial charge in [0.05, 0.1) is 21.4 Å². The van der Waals surface area contributed by atoms with Crippen LogP contribution in [0.5, 0.6) is 0 Å². The Labute approximate surface area is 139 Å². The van der Waals surface area contributed by atoms with Gasteiger partial charge in [0.2, 0.25) is 5.91 Å². The minimum atomic E-state index is -0.446. The number of nitro groups is 1. The first-order chi connectivity index (χ1) is 11.0. The highest BCUT2D eigenvalue weighted by Gasteiger charge is 2.18. The number of anilines is 1. The maximum absolute atomic E-state index is 12.3. The van der Waals surface area contributed by atoms with E-state index in [0.717, 1.165) is 11.3 Å². The number of nitrogens with one attached hydrogen (secondary N) is 1. The smallest absolute Gasteiger partial charge is 0.274 e. The summed E-state index contributed by atoms with van der Waals surface area (Å²) in [5.74, 6) is 0.582. The van der Waals surface area contributed by atoms with Crippen molar-refractivity contribution in [2.24, 2.45) is 0 Å². The van der Waals surface area contributed by atoms with Gasteiger partial charge in [0.15, 0.2) is 0 Å². The molecule has 0 bridgehead atoms. The van der Waals surface area contributed by atoms with E-state index in [1.54, 1.807) is 19.1 Å². The van der Waals surface area contributed by atoms with Gasteiger partial charge in [0.25, 0.3) is 5.69 Å². The van der Waals surface area contributed by atoms with Crippen LogP contribution in [0.3, 0.4) is 0 Å². The Hall–Kier alpha value is -2.34. The third kappa shape index (κ3) is 4.56. The first-order valence-electron chi connectivity index (χ1n) is 7.19. The maximum Gasteiger partial charge on any atom is 0.274 e. The molecule has 0 saturated carbocycles. The number of benzene rings is 2. The number of nitro benzene ring substituents is 1. The molecule has 5 nitrogen and oxygen atoms in total. The van der Waals surface area contributed by atoms with Crippen LogP contribution in [-0.4, -0.2) is 16.1 Å². The quantitative estimate of drug-likeness (QED) is 0.637. The van der Waals surface area contributed by atoms with Crippen molar-refractivity contribution in [2.45, 2.75) is 24.9 Å². The fourth-order valence-electron chi connectivity index (χ4n) is 2.06. The zero-order valence-corrected chi connectivity index (χ0v) is 13.8. The van der Waals surface area contributed by atoms with Gasteiger partial charge in [-0.2, -0.15) is 0 Å². The van der Waals surface area contributed by atoms with E-state index < -0.39 is 4.92 Å². The summed E-state index contributed by atoms with van der Waals surface area (Å²) in [6.07, 6.45) is 0. The van der Waals surface area contributed by atoms with Gasteiger partial charge in [-0.05, 0) is 25.5 Å². The van der Waals surface area contributed by atoms with Crippen LogP contribution in [0.1, 0.15) is 18.1 Å². The van der Waals surface area contributed by atoms with Crippen molar-refractivity contribution in [2.75, 3.05) is 5.32 Å². The molecule has 6 heteroatoms. The van der Waals surface area contributed by atoms with E-state index in [1.165, 1.54) is 17.8 Å². The van der Waals surface area contributed by atoms with Crippen LogP contribution in [0.4, 0.5) is 11.4 Å². The molecule has 0 aromatic heterocycles.